The predicted octanol–water partition coefficient (Wildman–Crippen LogP) is 4.48. The Morgan fingerprint density at radius 1 is 1.28 bits per heavy atom. The zero-order chi connectivity index (χ0) is 20.6. The molecular weight excluding hydrogens is 523 g/mol. The third-order valence-corrected chi connectivity index (χ3v) is 4.69. The zero-order valence-electron chi connectivity index (χ0n) is 15.9. The summed E-state index contributed by atoms with van der Waals surface area (Å²) in [6.45, 7) is 2.68. The molecule has 0 bridgehead atoms. The molecule has 0 spiro atoms. The Kier molecular flexibility index (Phi) is 10.6. The van der Waals surface area contributed by atoms with Crippen molar-refractivity contribution in [3.63, 3.8) is 0 Å². The highest BCUT2D eigenvalue weighted by atomic mass is 127. The van der Waals surface area contributed by atoms with E-state index < -0.39 is 17.7 Å². The molecule has 1 aromatic heterocycles. The first-order valence-corrected chi connectivity index (χ1v) is 9.58. The molecule has 0 aliphatic rings. The number of guanidine groups is 1. The molecule has 11 heteroatoms. The molecule has 0 amide bonds. The Balaban J connectivity index is 0.00000420. The average molecular weight is 546 g/mol. The number of halogens is 5. The average Bonchev–Trinajstić information content (AvgIpc) is 3.14. The third kappa shape index (κ3) is 8.33. The lowest BCUT2D eigenvalue weighted by Crippen LogP contribution is -2.43. The van der Waals surface area contributed by atoms with E-state index in [1.165, 1.54) is 6.07 Å². The van der Waals surface area contributed by atoms with Gasteiger partial charge in [-0.25, -0.2) is 9.37 Å². The van der Waals surface area contributed by atoms with E-state index in [0.717, 1.165) is 16.7 Å². The molecule has 0 saturated carbocycles. The lowest BCUT2D eigenvalue weighted by atomic mass is 10.2. The standard InChI is InChI=1S/C18H22F4N4OS.HI/c1-3-12(27-14-7-5-4-6-13(14)19)10-25-17(23-2)24-9-8-16-26-15(11-28-16)18(20,21)22;/h4-7,11-12H,3,8-10H2,1-2H3,(H2,23,24,25);1H. The van der Waals surface area contributed by atoms with Crippen molar-refractivity contribution in [2.75, 3.05) is 20.1 Å². The Labute approximate surface area is 188 Å². The highest BCUT2D eigenvalue weighted by Gasteiger charge is 2.33. The summed E-state index contributed by atoms with van der Waals surface area (Å²) in [5, 5.41) is 7.49. The third-order valence-electron chi connectivity index (χ3n) is 3.78. The molecule has 1 aromatic carbocycles. The number of alkyl halides is 3. The summed E-state index contributed by atoms with van der Waals surface area (Å²) in [6.07, 6.45) is -3.71. The second-order valence-corrected chi connectivity index (χ2v) is 6.78. The lowest BCUT2D eigenvalue weighted by Gasteiger charge is -2.20. The summed E-state index contributed by atoms with van der Waals surface area (Å²) in [5.74, 6) is 0.233. The van der Waals surface area contributed by atoms with Gasteiger partial charge in [0.25, 0.3) is 0 Å². The summed E-state index contributed by atoms with van der Waals surface area (Å²) in [7, 11) is 1.58. The fourth-order valence-corrected chi connectivity index (χ4v) is 3.07. The monoisotopic (exact) mass is 546 g/mol. The molecule has 0 radical (unpaired) electrons. The Bertz CT molecular complexity index is 785. The first-order valence-electron chi connectivity index (χ1n) is 8.70. The summed E-state index contributed by atoms with van der Waals surface area (Å²) < 4.78 is 57.0. The quantitative estimate of drug-likeness (QED) is 0.222. The summed E-state index contributed by atoms with van der Waals surface area (Å²) in [6, 6.07) is 6.18. The molecule has 2 N–H and O–H groups in total. The summed E-state index contributed by atoms with van der Waals surface area (Å²) >= 11 is 0.973. The number of rotatable bonds is 8. The SMILES string of the molecule is CCC(CNC(=NC)NCCc1nc(C(F)(F)F)cs1)Oc1ccccc1F.I. The van der Waals surface area contributed by atoms with E-state index in [1.807, 2.05) is 6.92 Å². The van der Waals surface area contributed by atoms with Gasteiger partial charge < -0.3 is 15.4 Å². The molecule has 0 fully saturated rings. The molecule has 29 heavy (non-hydrogen) atoms. The van der Waals surface area contributed by atoms with E-state index in [0.29, 0.717) is 36.9 Å². The van der Waals surface area contributed by atoms with Crippen molar-refractivity contribution in [3.8, 4) is 5.75 Å². The summed E-state index contributed by atoms with van der Waals surface area (Å²) in [5.41, 5.74) is -0.869. The molecule has 0 saturated heterocycles. The van der Waals surface area contributed by atoms with Crippen LogP contribution in [0.4, 0.5) is 17.6 Å². The number of nitrogens with one attached hydrogen (secondary N) is 2. The Morgan fingerprint density at radius 3 is 2.59 bits per heavy atom. The molecule has 1 unspecified atom stereocenters. The van der Waals surface area contributed by atoms with Gasteiger partial charge in [-0.05, 0) is 18.6 Å². The number of nitrogens with zero attached hydrogens (tertiary/aromatic N) is 2. The number of aromatic nitrogens is 1. The molecule has 2 rings (SSSR count). The van der Waals surface area contributed by atoms with Gasteiger partial charge in [-0.3, -0.25) is 4.99 Å². The Hall–Kier alpha value is -1.63. The number of thiazole rings is 1. The molecule has 0 aliphatic heterocycles. The van der Waals surface area contributed by atoms with Crippen LogP contribution in [-0.4, -0.2) is 37.2 Å². The van der Waals surface area contributed by atoms with Crippen LogP contribution in [0.15, 0.2) is 34.6 Å². The smallest absolute Gasteiger partial charge is 0.434 e. The molecule has 1 atom stereocenters. The maximum Gasteiger partial charge on any atom is 0.434 e. The fourth-order valence-electron chi connectivity index (χ4n) is 2.26. The van der Waals surface area contributed by atoms with Crippen LogP contribution in [-0.2, 0) is 12.6 Å². The van der Waals surface area contributed by atoms with Crippen LogP contribution >= 0.6 is 35.3 Å². The molecule has 1 heterocycles. The summed E-state index contributed by atoms with van der Waals surface area (Å²) in [4.78, 5) is 7.65. The van der Waals surface area contributed by atoms with Crippen LogP contribution in [0.25, 0.3) is 0 Å². The van der Waals surface area contributed by atoms with Gasteiger partial charge in [0.15, 0.2) is 23.2 Å². The van der Waals surface area contributed by atoms with Gasteiger partial charge in [0.2, 0.25) is 0 Å². The van der Waals surface area contributed by atoms with Gasteiger partial charge in [-0.2, -0.15) is 13.2 Å². The number of ether oxygens (including phenoxy) is 1. The van der Waals surface area contributed by atoms with Crippen LogP contribution < -0.4 is 15.4 Å². The second-order valence-electron chi connectivity index (χ2n) is 5.83. The van der Waals surface area contributed by atoms with E-state index in [2.05, 4.69) is 20.6 Å². The van der Waals surface area contributed by atoms with E-state index in [1.54, 1.807) is 25.2 Å². The number of aliphatic imine (C=N–C) groups is 1. The van der Waals surface area contributed by atoms with E-state index in [4.69, 9.17) is 4.74 Å². The normalized spacial score (nSPS) is 12.8. The highest BCUT2D eigenvalue weighted by Crippen LogP contribution is 2.30. The minimum atomic E-state index is -4.42. The van der Waals surface area contributed by atoms with Crippen LogP contribution in [0.2, 0.25) is 0 Å². The topological polar surface area (TPSA) is 58.5 Å². The maximum atomic E-state index is 13.7. The minimum absolute atomic E-state index is 0. The zero-order valence-corrected chi connectivity index (χ0v) is 19.1. The van der Waals surface area contributed by atoms with E-state index in [-0.39, 0.29) is 35.8 Å². The minimum Gasteiger partial charge on any atom is -0.486 e. The van der Waals surface area contributed by atoms with Crippen molar-refractivity contribution in [2.45, 2.75) is 32.0 Å². The van der Waals surface area contributed by atoms with Crippen molar-refractivity contribution < 1.29 is 22.3 Å². The number of hydrogen-bond acceptors (Lipinski definition) is 4. The van der Waals surface area contributed by atoms with Gasteiger partial charge in [-0.15, -0.1) is 35.3 Å². The highest BCUT2D eigenvalue weighted by molar-refractivity contribution is 14.0. The van der Waals surface area contributed by atoms with Crippen molar-refractivity contribution in [1.29, 1.82) is 0 Å². The lowest BCUT2D eigenvalue weighted by molar-refractivity contribution is -0.140. The van der Waals surface area contributed by atoms with Gasteiger partial charge in [0.05, 0.1) is 11.6 Å². The predicted molar refractivity (Wildman–Crippen MR) is 117 cm³/mol. The van der Waals surface area contributed by atoms with Crippen molar-refractivity contribution >= 4 is 41.3 Å². The number of hydrogen-bond donors (Lipinski definition) is 2. The molecule has 2 aromatic rings. The molecule has 0 aliphatic carbocycles. The van der Waals surface area contributed by atoms with Crippen molar-refractivity contribution in [3.05, 3.63) is 46.2 Å². The number of para-hydroxylation sites is 1. The molecule has 162 valence electrons. The van der Waals surface area contributed by atoms with Gasteiger partial charge in [-0.1, -0.05) is 19.1 Å². The van der Waals surface area contributed by atoms with Gasteiger partial charge >= 0.3 is 6.18 Å². The first kappa shape index (κ1) is 25.4. The maximum absolute atomic E-state index is 13.7. The molecular formula is C18H23F4IN4OS. The first-order chi connectivity index (χ1) is 13.3. The van der Waals surface area contributed by atoms with Gasteiger partial charge in [0, 0.05) is 25.4 Å². The number of benzene rings is 1. The van der Waals surface area contributed by atoms with Gasteiger partial charge in [0.1, 0.15) is 6.10 Å². The van der Waals surface area contributed by atoms with Crippen LogP contribution in [0, 0.1) is 5.82 Å². The van der Waals surface area contributed by atoms with Crippen LogP contribution in [0.3, 0.4) is 0 Å². The largest absolute Gasteiger partial charge is 0.486 e. The van der Waals surface area contributed by atoms with E-state index in [9.17, 15) is 17.6 Å². The van der Waals surface area contributed by atoms with Crippen molar-refractivity contribution in [2.24, 2.45) is 4.99 Å². The molecule has 5 nitrogen and oxygen atoms in total. The van der Waals surface area contributed by atoms with Crippen LogP contribution in [0.5, 0.6) is 5.75 Å². The fraction of sp³-hybridized carbons (Fsp3) is 0.444. The van der Waals surface area contributed by atoms with Crippen molar-refractivity contribution in [1.82, 2.24) is 15.6 Å². The second kappa shape index (κ2) is 12.2. The Morgan fingerprint density at radius 2 is 2.00 bits per heavy atom. The van der Waals surface area contributed by atoms with E-state index >= 15 is 0 Å². The van der Waals surface area contributed by atoms with Crippen LogP contribution in [0.1, 0.15) is 24.0 Å².